The standard InChI is InChI=1S/C7H7IN3P/c8-12-11-4-6(3-10-11)7(5-9)1-2-7/h3-4,12H,1-2H2. The van der Waals surface area contributed by atoms with Crippen molar-refractivity contribution in [3.8, 4) is 6.07 Å². The molecule has 0 N–H and O–H groups in total. The lowest BCUT2D eigenvalue weighted by atomic mass is 10.0. The topological polar surface area (TPSA) is 41.6 Å². The zero-order chi connectivity index (χ0) is 8.60. The van der Waals surface area contributed by atoms with Crippen molar-refractivity contribution in [1.82, 2.24) is 9.55 Å². The third-order valence-corrected chi connectivity index (χ3v) is 4.09. The summed E-state index contributed by atoms with van der Waals surface area (Å²) in [5.41, 5.74) is 0.920. The minimum Gasteiger partial charge on any atom is -0.245 e. The molecular weight excluding hydrogens is 284 g/mol. The van der Waals surface area contributed by atoms with Gasteiger partial charge >= 0.3 is 0 Å². The van der Waals surface area contributed by atoms with E-state index < -0.39 is 0 Å². The van der Waals surface area contributed by atoms with Crippen molar-refractivity contribution in [2.24, 2.45) is 0 Å². The van der Waals surface area contributed by atoms with E-state index in [9.17, 15) is 0 Å². The van der Waals surface area contributed by atoms with Crippen molar-refractivity contribution < 1.29 is 0 Å². The van der Waals surface area contributed by atoms with Gasteiger partial charge < -0.3 is 0 Å². The molecule has 1 fully saturated rings. The fraction of sp³-hybridized carbons (Fsp3) is 0.429. The minimum absolute atomic E-state index is 0.172. The number of rotatable bonds is 2. The molecule has 62 valence electrons. The van der Waals surface area contributed by atoms with Gasteiger partial charge in [0.05, 0.1) is 24.1 Å². The van der Waals surface area contributed by atoms with Crippen molar-refractivity contribution in [3.05, 3.63) is 18.0 Å². The van der Waals surface area contributed by atoms with E-state index >= 15 is 0 Å². The number of hydrogen-bond donors (Lipinski definition) is 0. The summed E-state index contributed by atoms with van der Waals surface area (Å²) in [6, 6.07) is 2.35. The largest absolute Gasteiger partial charge is 0.245 e. The first-order valence-corrected chi connectivity index (χ1v) is 7.70. The fourth-order valence-electron chi connectivity index (χ4n) is 1.21. The molecule has 2 rings (SSSR count). The molecule has 0 aliphatic heterocycles. The number of halogens is 1. The normalized spacial score (nSPS) is 19.7. The second-order valence-corrected chi connectivity index (χ2v) is 5.03. The van der Waals surface area contributed by atoms with Crippen molar-refractivity contribution in [3.63, 3.8) is 0 Å². The Morgan fingerprint density at radius 3 is 2.92 bits per heavy atom. The Kier molecular flexibility index (Phi) is 2.09. The van der Waals surface area contributed by atoms with Crippen LogP contribution in [0.2, 0.25) is 0 Å². The van der Waals surface area contributed by atoms with Gasteiger partial charge in [0.2, 0.25) is 0 Å². The highest BCUT2D eigenvalue weighted by Gasteiger charge is 2.45. The molecule has 0 bridgehead atoms. The van der Waals surface area contributed by atoms with E-state index in [2.05, 4.69) is 33.2 Å². The summed E-state index contributed by atoms with van der Waals surface area (Å²) < 4.78 is 1.88. The van der Waals surface area contributed by atoms with Gasteiger partial charge in [-0.05, 0) is 34.9 Å². The molecule has 1 aromatic heterocycles. The van der Waals surface area contributed by atoms with E-state index in [1.54, 1.807) is 0 Å². The first-order chi connectivity index (χ1) is 5.80. The smallest absolute Gasteiger partial charge is 0.0854 e. The van der Waals surface area contributed by atoms with Crippen LogP contribution >= 0.6 is 28.4 Å². The Bertz CT molecular complexity index is 337. The molecule has 0 radical (unpaired) electrons. The van der Waals surface area contributed by atoms with Crippen LogP contribution in [-0.4, -0.2) is 9.55 Å². The predicted molar refractivity (Wildman–Crippen MR) is 56.5 cm³/mol. The monoisotopic (exact) mass is 291 g/mol. The average molecular weight is 291 g/mol. The second-order valence-electron chi connectivity index (χ2n) is 2.95. The van der Waals surface area contributed by atoms with E-state index in [0.29, 0.717) is 6.37 Å². The van der Waals surface area contributed by atoms with Crippen LogP contribution in [0.5, 0.6) is 0 Å². The molecule has 0 spiro atoms. The van der Waals surface area contributed by atoms with Gasteiger partial charge in [-0.15, -0.1) is 0 Å². The molecule has 1 aliphatic carbocycles. The molecule has 1 atom stereocenters. The van der Waals surface area contributed by atoms with Gasteiger partial charge in [-0.2, -0.15) is 10.4 Å². The summed E-state index contributed by atoms with van der Waals surface area (Å²) in [4.78, 5) is 0. The maximum absolute atomic E-state index is 8.91. The highest BCUT2D eigenvalue weighted by molar-refractivity contribution is 14.2. The predicted octanol–water partition coefficient (Wildman–Crippen LogP) is 2.23. The molecule has 1 unspecified atom stereocenters. The lowest BCUT2D eigenvalue weighted by Gasteiger charge is -1.98. The molecule has 1 heterocycles. The van der Waals surface area contributed by atoms with Gasteiger partial charge in [0.15, 0.2) is 0 Å². The van der Waals surface area contributed by atoms with Crippen molar-refractivity contribution >= 4 is 28.4 Å². The van der Waals surface area contributed by atoms with E-state index in [1.807, 2.05) is 16.8 Å². The summed E-state index contributed by atoms with van der Waals surface area (Å²) in [5, 5.41) is 13.1. The van der Waals surface area contributed by atoms with Crippen LogP contribution in [-0.2, 0) is 5.41 Å². The lowest BCUT2D eigenvalue weighted by molar-refractivity contribution is 0.909. The first kappa shape index (κ1) is 8.46. The fourth-order valence-corrected chi connectivity index (χ4v) is 2.29. The van der Waals surface area contributed by atoms with Crippen LogP contribution in [0.1, 0.15) is 18.4 Å². The molecule has 1 saturated carbocycles. The van der Waals surface area contributed by atoms with Crippen LogP contribution in [0, 0.1) is 11.3 Å². The Morgan fingerprint density at radius 2 is 2.50 bits per heavy atom. The molecule has 1 aliphatic rings. The van der Waals surface area contributed by atoms with Gasteiger partial charge in [0, 0.05) is 11.8 Å². The zero-order valence-corrected chi connectivity index (χ0v) is 9.45. The Labute approximate surface area is 85.5 Å². The lowest BCUT2D eigenvalue weighted by Crippen LogP contribution is -1.99. The minimum atomic E-state index is -0.172. The van der Waals surface area contributed by atoms with E-state index in [0.717, 1.165) is 18.4 Å². The third kappa shape index (κ3) is 1.25. The maximum Gasteiger partial charge on any atom is 0.0854 e. The quantitative estimate of drug-likeness (QED) is 0.619. The Hall–Kier alpha value is -0.140. The molecule has 0 aromatic carbocycles. The number of nitrogens with zero attached hydrogens (tertiary/aromatic N) is 3. The molecular formula is C7H7IN3P. The van der Waals surface area contributed by atoms with Crippen LogP contribution in [0.25, 0.3) is 0 Å². The van der Waals surface area contributed by atoms with E-state index in [1.165, 1.54) is 0 Å². The average Bonchev–Trinajstić information content (AvgIpc) is 2.77. The Balaban J connectivity index is 2.30. The summed E-state index contributed by atoms with van der Waals surface area (Å²) in [5.74, 6) is 0. The van der Waals surface area contributed by atoms with Crippen molar-refractivity contribution in [1.29, 1.82) is 5.26 Å². The first-order valence-electron chi connectivity index (χ1n) is 3.64. The van der Waals surface area contributed by atoms with Gasteiger partial charge in [0.1, 0.15) is 0 Å². The van der Waals surface area contributed by atoms with Crippen LogP contribution in [0.3, 0.4) is 0 Å². The number of hydrogen-bond acceptors (Lipinski definition) is 2. The maximum atomic E-state index is 8.91. The van der Waals surface area contributed by atoms with E-state index in [-0.39, 0.29) is 5.41 Å². The third-order valence-electron chi connectivity index (χ3n) is 2.19. The van der Waals surface area contributed by atoms with Crippen molar-refractivity contribution in [2.75, 3.05) is 0 Å². The summed E-state index contributed by atoms with van der Waals surface area (Å²) in [6.07, 6.45) is 6.43. The van der Waals surface area contributed by atoms with Gasteiger partial charge in [0.25, 0.3) is 0 Å². The number of aromatic nitrogens is 2. The summed E-state index contributed by atoms with van der Waals surface area (Å²) in [7, 11) is 0. The van der Waals surface area contributed by atoms with Gasteiger partial charge in [-0.3, -0.25) is 0 Å². The molecule has 3 nitrogen and oxygen atoms in total. The number of nitriles is 1. The highest BCUT2D eigenvalue weighted by Crippen LogP contribution is 2.47. The molecule has 12 heavy (non-hydrogen) atoms. The second kappa shape index (κ2) is 2.97. The molecule has 1 aromatic rings. The van der Waals surface area contributed by atoms with Gasteiger partial charge in [-0.1, -0.05) is 0 Å². The zero-order valence-electron chi connectivity index (χ0n) is 6.29. The highest BCUT2D eigenvalue weighted by atomic mass is 127. The molecule has 0 saturated heterocycles. The van der Waals surface area contributed by atoms with E-state index in [4.69, 9.17) is 5.26 Å². The van der Waals surface area contributed by atoms with Crippen LogP contribution in [0.4, 0.5) is 0 Å². The van der Waals surface area contributed by atoms with Crippen LogP contribution < -0.4 is 0 Å². The van der Waals surface area contributed by atoms with Crippen molar-refractivity contribution in [2.45, 2.75) is 18.3 Å². The van der Waals surface area contributed by atoms with Gasteiger partial charge in [-0.25, -0.2) is 4.45 Å². The molecule has 5 heteroatoms. The summed E-state index contributed by atoms with van der Waals surface area (Å²) in [6.45, 7) is 0. The SMILES string of the molecule is N#CC1(c2cnn(PI)c2)CC1. The Morgan fingerprint density at radius 1 is 1.75 bits per heavy atom. The molecule has 0 amide bonds. The summed E-state index contributed by atoms with van der Waals surface area (Å²) >= 11 is 2.27. The van der Waals surface area contributed by atoms with Crippen LogP contribution in [0.15, 0.2) is 12.4 Å².